The predicted molar refractivity (Wildman–Crippen MR) is 253 cm³/mol. The normalized spacial score (nSPS) is 11.7. The van der Waals surface area contributed by atoms with Crippen molar-refractivity contribution in [2.75, 3.05) is 4.90 Å². The lowest BCUT2D eigenvalue weighted by Crippen LogP contribution is -2.09. The molecule has 0 fully saturated rings. The van der Waals surface area contributed by atoms with Crippen LogP contribution in [0.15, 0.2) is 217 Å². The fraction of sp³-hybridized carbons (Fsp3) is 0. The van der Waals surface area contributed by atoms with Gasteiger partial charge in [-0.15, -0.1) is 11.3 Å². The maximum atomic E-state index is 6.88. The Bertz CT molecular complexity index is 3540. The first kappa shape index (κ1) is 33.7. The summed E-state index contributed by atoms with van der Waals surface area (Å²) in [5, 5.41) is 9.63. The summed E-state index contributed by atoms with van der Waals surface area (Å²) in [5.41, 5.74) is 12.1. The van der Waals surface area contributed by atoms with Gasteiger partial charge in [-0.2, -0.15) is 0 Å². The molecule has 2 heterocycles. The van der Waals surface area contributed by atoms with E-state index in [1.165, 1.54) is 58.6 Å². The molecule has 10 aromatic carbocycles. The van der Waals surface area contributed by atoms with Crippen molar-refractivity contribution in [3.8, 4) is 33.4 Å². The molecule has 0 N–H and O–H groups in total. The molecule has 0 unspecified atom stereocenters. The number of hydrogen-bond donors (Lipinski definition) is 0. The maximum absolute atomic E-state index is 6.88. The number of furan rings is 1. The molecule has 0 aliphatic rings. The SMILES string of the molecule is c1ccc(-c2cc3c4cccc(-c5ccc(N(c6ccc(-c7ccc8sc9ccccc9c8c7)cc6)c6ccc7ccccc7c6)cc5)c4oc3c3ccccc23)cc1. The third-order valence-corrected chi connectivity index (χ3v) is 13.0. The number of para-hydroxylation sites is 1. The van der Waals surface area contributed by atoms with E-state index < -0.39 is 0 Å². The monoisotopic (exact) mass is 769 g/mol. The number of nitrogens with zero attached hydrogens (tertiary/aromatic N) is 1. The maximum Gasteiger partial charge on any atom is 0.143 e. The summed E-state index contributed by atoms with van der Waals surface area (Å²) in [5.74, 6) is 0. The van der Waals surface area contributed by atoms with Crippen molar-refractivity contribution in [3.63, 3.8) is 0 Å². The molecule has 0 aliphatic carbocycles. The Morgan fingerprint density at radius 3 is 1.71 bits per heavy atom. The van der Waals surface area contributed by atoms with Gasteiger partial charge in [0.05, 0.1) is 0 Å². The third kappa shape index (κ3) is 5.62. The van der Waals surface area contributed by atoms with Crippen molar-refractivity contribution in [1.82, 2.24) is 0 Å². The van der Waals surface area contributed by atoms with E-state index in [1.807, 2.05) is 11.3 Å². The Balaban J connectivity index is 0.954. The highest BCUT2D eigenvalue weighted by atomic mass is 32.1. The van der Waals surface area contributed by atoms with Crippen molar-refractivity contribution in [2.45, 2.75) is 0 Å². The molecule has 0 amide bonds. The van der Waals surface area contributed by atoms with Crippen LogP contribution in [0.5, 0.6) is 0 Å². The van der Waals surface area contributed by atoms with E-state index >= 15 is 0 Å². The molecule has 276 valence electrons. The number of fused-ring (bicyclic) bond motifs is 9. The molecule has 2 aromatic heterocycles. The predicted octanol–water partition coefficient (Wildman–Crippen LogP) is 16.7. The number of anilines is 3. The minimum absolute atomic E-state index is 0.904. The first-order valence-corrected chi connectivity index (χ1v) is 20.9. The third-order valence-electron chi connectivity index (χ3n) is 11.9. The second kappa shape index (κ2) is 13.6. The highest BCUT2D eigenvalue weighted by Crippen LogP contribution is 2.44. The van der Waals surface area contributed by atoms with Gasteiger partial charge in [-0.3, -0.25) is 0 Å². The van der Waals surface area contributed by atoms with Crippen molar-refractivity contribution >= 4 is 92.1 Å². The molecule has 3 heteroatoms. The summed E-state index contributed by atoms with van der Waals surface area (Å²) in [4.78, 5) is 2.36. The summed E-state index contributed by atoms with van der Waals surface area (Å²) in [6.45, 7) is 0. The highest BCUT2D eigenvalue weighted by molar-refractivity contribution is 7.25. The van der Waals surface area contributed by atoms with Crippen LogP contribution >= 0.6 is 11.3 Å². The first-order chi connectivity index (χ1) is 29.2. The average Bonchev–Trinajstić information content (AvgIpc) is 3.88. The Morgan fingerprint density at radius 1 is 0.305 bits per heavy atom. The van der Waals surface area contributed by atoms with Gasteiger partial charge in [-0.05, 0) is 105 Å². The van der Waals surface area contributed by atoms with Gasteiger partial charge in [0, 0.05) is 59.0 Å². The van der Waals surface area contributed by atoms with Gasteiger partial charge in [-0.25, -0.2) is 0 Å². The van der Waals surface area contributed by atoms with Gasteiger partial charge < -0.3 is 9.32 Å². The number of thiophene rings is 1. The van der Waals surface area contributed by atoms with Gasteiger partial charge in [-0.1, -0.05) is 152 Å². The summed E-state index contributed by atoms with van der Waals surface area (Å²) < 4.78 is 9.52. The number of benzene rings is 10. The van der Waals surface area contributed by atoms with Crippen molar-refractivity contribution in [2.24, 2.45) is 0 Å². The van der Waals surface area contributed by atoms with E-state index in [2.05, 4.69) is 217 Å². The minimum Gasteiger partial charge on any atom is -0.455 e. The Labute approximate surface area is 345 Å². The van der Waals surface area contributed by atoms with Crippen LogP contribution < -0.4 is 4.90 Å². The van der Waals surface area contributed by atoms with E-state index in [1.54, 1.807) is 0 Å². The Morgan fingerprint density at radius 2 is 0.898 bits per heavy atom. The summed E-state index contributed by atoms with van der Waals surface area (Å²) in [7, 11) is 0. The van der Waals surface area contributed by atoms with Crippen LogP contribution in [0.25, 0.3) is 97.0 Å². The second-order valence-corrected chi connectivity index (χ2v) is 16.4. The zero-order chi connectivity index (χ0) is 38.9. The van der Waals surface area contributed by atoms with Crippen LogP contribution in [0.3, 0.4) is 0 Å². The quantitative estimate of drug-likeness (QED) is 0.167. The van der Waals surface area contributed by atoms with Gasteiger partial charge in [0.15, 0.2) is 0 Å². The topological polar surface area (TPSA) is 16.4 Å². The largest absolute Gasteiger partial charge is 0.455 e. The van der Waals surface area contributed by atoms with E-state index in [4.69, 9.17) is 4.42 Å². The highest BCUT2D eigenvalue weighted by Gasteiger charge is 2.19. The lowest BCUT2D eigenvalue weighted by atomic mass is 9.95. The van der Waals surface area contributed by atoms with Gasteiger partial charge in [0.2, 0.25) is 0 Å². The molecule has 0 atom stereocenters. The molecule has 0 bridgehead atoms. The van der Waals surface area contributed by atoms with E-state index in [-0.39, 0.29) is 0 Å². The van der Waals surface area contributed by atoms with Crippen LogP contribution in [0.4, 0.5) is 17.1 Å². The van der Waals surface area contributed by atoms with Crippen LogP contribution in [0.1, 0.15) is 0 Å². The lowest BCUT2D eigenvalue weighted by Gasteiger charge is -2.26. The number of hydrogen-bond acceptors (Lipinski definition) is 3. The molecule has 0 radical (unpaired) electrons. The average molecular weight is 770 g/mol. The zero-order valence-corrected chi connectivity index (χ0v) is 32.8. The van der Waals surface area contributed by atoms with Crippen molar-refractivity contribution < 1.29 is 4.42 Å². The Hall–Kier alpha value is -7.46. The molecule has 12 rings (SSSR count). The van der Waals surface area contributed by atoms with Gasteiger partial charge in [0.25, 0.3) is 0 Å². The van der Waals surface area contributed by atoms with Crippen LogP contribution in [0, 0.1) is 0 Å². The molecule has 0 saturated carbocycles. The Kier molecular flexibility index (Phi) is 7.75. The smallest absolute Gasteiger partial charge is 0.143 e. The fourth-order valence-corrected chi connectivity index (χ4v) is 10.1. The first-order valence-electron chi connectivity index (χ1n) is 20.1. The molecular formula is C56H35NOS. The van der Waals surface area contributed by atoms with Crippen molar-refractivity contribution in [1.29, 1.82) is 0 Å². The standard InChI is InChI=1S/C56H35NOS/c1-2-12-38(13-3-1)50-35-52-49-19-10-18-45(55(49)58-56(52)48-17-7-6-15-46(48)50)39-24-29-43(30-25-39)57(44-31-23-36-11-4-5-14-40(36)33-44)42-27-21-37(22-28-42)41-26-32-54-51(34-41)47-16-8-9-20-53(47)59-54/h1-35H. The minimum atomic E-state index is 0.904. The molecule has 0 saturated heterocycles. The van der Waals surface area contributed by atoms with Crippen LogP contribution in [-0.2, 0) is 0 Å². The molecule has 0 aliphatic heterocycles. The molecular weight excluding hydrogens is 735 g/mol. The van der Waals surface area contributed by atoms with Crippen molar-refractivity contribution in [3.05, 3.63) is 212 Å². The zero-order valence-electron chi connectivity index (χ0n) is 32.0. The molecule has 59 heavy (non-hydrogen) atoms. The second-order valence-electron chi connectivity index (χ2n) is 15.3. The van der Waals surface area contributed by atoms with Gasteiger partial charge in [0.1, 0.15) is 11.2 Å². The van der Waals surface area contributed by atoms with Crippen LogP contribution in [-0.4, -0.2) is 0 Å². The number of rotatable bonds is 6. The van der Waals surface area contributed by atoms with E-state index in [0.717, 1.165) is 55.5 Å². The summed E-state index contributed by atoms with van der Waals surface area (Å²) in [6, 6.07) is 76.8. The molecule has 0 spiro atoms. The van der Waals surface area contributed by atoms with Crippen LogP contribution in [0.2, 0.25) is 0 Å². The summed E-state index contributed by atoms with van der Waals surface area (Å²) >= 11 is 1.86. The summed E-state index contributed by atoms with van der Waals surface area (Å²) in [6.07, 6.45) is 0. The fourth-order valence-electron chi connectivity index (χ4n) is 8.97. The van der Waals surface area contributed by atoms with E-state index in [0.29, 0.717) is 0 Å². The molecule has 2 nitrogen and oxygen atoms in total. The molecule has 12 aromatic rings. The van der Waals surface area contributed by atoms with Gasteiger partial charge >= 0.3 is 0 Å². The lowest BCUT2D eigenvalue weighted by molar-refractivity contribution is 0.674. The van der Waals surface area contributed by atoms with E-state index in [9.17, 15) is 0 Å².